The minimum Gasteiger partial charge on any atom is -0.465 e. The normalized spacial score (nSPS) is 14.0. The van der Waals surface area contributed by atoms with Gasteiger partial charge in [0.2, 0.25) is 0 Å². The summed E-state index contributed by atoms with van der Waals surface area (Å²) in [7, 11) is 0. The quantitative estimate of drug-likeness (QED) is 0.608. The number of fused-ring (bicyclic) bond motifs is 1. The van der Waals surface area contributed by atoms with Gasteiger partial charge in [-0.1, -0.05) is 11.8 Å². The number of nitrogens with zero attached hydrogens (tertiary/aromatic N) is 2. The maximum absolute atomic E-state index is 12.5. The minimum atomic E-state index is -0.508. The molecule has 3 heterocycles. The SMILES string of the molecule is CCOC(=O)CSc1nc(C)cc2c1C(=O)OC2=Cc1c(C)[nH]c(C#N)c1C. The zero-order valence-corrected chi connectivity index (χ0v) is 16.8. The highest BCUT2D eigenvalue weighted by molar-refractivity contribution is 8.00. The lowest BCUT2D eigenvalue weighted by atomic mass is 10.1. The number of carbonyl (C=O) groups is 2. The highest BCUT2D eigenvalue weighted by Gasteiger charge is 2.32. The number of pyridine rings is 1. The van der Waals surface area contributed by atoms with Crippen molar-refractivity contribution in [3.8, 4) is 6.07 Å². The van der Waals surface area contributed by atoms with Crippen LogP contribution in [0.25, 0.3) is 11.8 Å². The van der Waals surface area contributed by atoms with Crippen LogP contribution >= 0.6 is 11.8 Å². The lowest BCUT2D eigenvalue weighted by Crippen LogP contribution is -2.08. The molecule has 2 aromatic heterocycles. The Kier molecular flexibility index (Phi) is 5.56. The number of aromatic amines is 1. The van der Waals surface area contributed by atoms with Gasteiger partial charge in [0.05, 0.1) is 12.4 Å². The molecular formula is C20H19N3O4S. The summed E-state index contributed by atoms with van der Waals surface area (Å²) in [5.74, 6) is -0.413. The maximum atomic E-state index is 12.5. The summed E-state index contributed by atoms with van der Waals surface area (Å²) >= 11 is 1.15. The average Bonchev–Trinajstić information content (AvgIpc) is 3.10. The van der Waals surface area contributed by atoms with Crippen molar-refractivity contribution in [1.82, 2.24) is 9.97 Å². The first kappa shape index (κ1) is 19.7. The van der Waals surface area contributed by atoms with Gasteiger partial charge >= 0.3 is 11.9 Å². The Bertz CT molecular complexity index is 1050. The van der Waals surface area contributed by atoms with Crippen LogP contribution in [0, 0.1) is 32.1 Å². The van der Waals surface area contributed by atoms with Crippen molar-refractivity contribution >= 4 is 35.5 Å². The molecule has 3 rings (SSSR count). The van der Waals surface area contributed by atoms with Gasteiger partial charge in [0.1, 0.15) is 28.1 Å². The molecule has 28 heavy (non-hydrogen) atoms. The van der Waals surface area contributed by atoms with E-state index in [1.165, 1.54) is 0 Å². The summed E-state index contributed by atoms with van der Waals surface area (Å²) in [6, 6.07) is 3.90. The zero-order valence-electron chi connectivity index (χ0n) is 16.0. The third kappa shape index (κ3) is 3.66. The second kappa shape index (κ2) is 7.90. The molecule has 8 heteroatoms. The van der Waals surface area contributed by atoms with Crippen LogP contribution in [0.1, 0.15) is 51.1 Å². The Balaban J connectivity index is 2.02. The van der Waals surface area contributed by atoms with Crippen LogP contribution in [0.15, 0.2) is 11.1 Å². The van der Waals surface area contributed by atoms with Crippen molar-refractivity contribution in [2.75, 3.05) is 12.4 Å². The monoisotopic (exact) mass is 397 g/mol. The summed E-state index contributed by atoms with van der Waals surface area (Å²) in [6.07, 6.45) is 1.75. The van der Waals surface area contributed by atoms with E-state index in [1.807, 2.05) is 20.8 Å². The summed E-state index contributed by atoms with van der Waals surface area (Å²) < 4.78 is 10.4. The Morgan fingerprint density at radius 2 is 2.18 bits per heavy atom. The molecule has 0 saturated carbocycles. The van der Waals surface area contributed by atoms with Crippen LogP contribution in [0.5, 0.6) is 0 Å². The number of hydrogen-bond acceptors (Lipinski definition) is 7. The van der Waals surface area contributed by atoms with Crippen molar-refractivity contribution < 1.29 is 19.1 Å². The number of nitrogens with one attached hydrogen (secondary N) is 1. The lowest BCUT2D eigenvalue weighted by Gasteiger charge is -2.06. The minimum absolute atomic E-state index is 0.0601. The van der Waals surface area contributed by atoms with E-state index in [0.717, 1.165) is 28.6 Å². The number of aryl methyl sites for hydroxylation is 2. The molecular weight excluding hydrogens is 378 g/mol. The molecule has 0 aliphatic carbocycles. The molecule has 0 spiro atoms. The Hall–Kier alpha value is -3.05. The summed E-state index contributed by atoms with van der Waals surface area (Å²) in [5.41, 5.74) is 4.57. The molecule has 1 N–H and O–H groups in total. The van der Waals surface area contributed by atoms with E-state index in [9.17, 15) is 14.9 Å². The molecule has 0 fully saturated rings. The molecule has 0 bridgehead atoms. The number of hydrogen-bond donors (Lipinski definition) is 1. The van der Waals surface area contributed by atoms with Crippen molar-refractivity contribution in [2.45, 2.75) is 32.7 Å². The van der Waals surface area contributed by atoms with Gasteiger partial charge in [-0.15, -0.1) is 0 Å². The summed E-state index contributed by atoms with van der Waals surface area (Å²) in [5, 5.41) is 9.64. The summed E-state index contributed by atoms with van der Waals surface area (Å²) in [6.45, 7) is 7.55. The summed E-state index contributed by atoms with van der Waals surface area (Å²) in [4.78, 5) is 31.6. The van der Waals surface area contributed by atoms with Crippen LogP contribution < -0.4 is 0 Å². The molecule has 0 aromatic carbocycles. The van der Waals surface area contributed by atoms with Gasteiger partial charge in [-0.25, -0.2) is 9.78 Å². The zero-order chi connectivity index (χ0) is 20.4. The second-order valence-electron chi connectivity index (χ2n) is 6.26. The molecule has 0 radical (unpaired) electrons. The fraction of sp³-hybridized carbons (Fsp3) is 0.300. The fourth-order valence-electron chi connectivity index (χ4n) is 3.01. The number of ether oxygens (including phenoxy) is 2. The van der Waals surface area contributed by atoms with E-state index in [1.54, 1.807) is 19.1 Å². The van der Waals surface area contributed by atoms with Crippen LogP contribution in [-0.4, -0.2) is 34.3 Å². The highest BCUT2D eigenvalue weighted by atomic mass is 32.2. The predicted molar refractivity (Wildman–Crippen MR) is 105 cm³/mol. The van der Waals surface area contributed by atoms with Crippen molar-refractivity contribution in [1.29, 1.82) is 5.26 Å². The molecule has 2 aromatic rings. The van der Waals surface area contributed by atoms with Crippen LogP contribution in [0.3, 0.4) is 0 Å². The van der Waals surface area contributed by atoms with Gasteiger partial charge in [-0.2, -0.15) is 5.26 Å². The van der Waals surface area contributed by atoms with Gasteiger partial charge in [0.25, 0.3) is 0 Å². The topological polar surface area (TPSA) is 105 Å². The van der Waals surface area contributed by atoms with Gasteiger partial charge in [0, 0.05) is 22.5 Å². The van der Waals surface area contributed by atoms with E-state index >= 15 is 0 Å². The average molecular weight is 397 g/mol. The van der Waals surface area contributed by atoms with Gasteiger partial charge < -0.3 is 14.5 Å². The van der Waals surface area contributed by atoms with E-state index in [-0.39, 0.29) is 11.7 Å². The largest absolute Gasteiger partial charge is 0.465 e. The first-order chi connectivity index (χ1) is 13.3. The van der Waals surface area contributed by atoms with E-state index in [4.69, 9.17) is 9.47 Å². The standard InChI is InChI=1S/C20H19N3O4S/c1-5-26-17(24)9-28-19-18-14(6-10(2)22-19)16(27-20(18)25)7-13-11(3)15(8-21)23-12(13)4/h6-7,23H,5,9H2,1-4H3. The number of aromatic nitrogens is 2. The highest BCUT2D eigenvalue weighted by Crippen LogP contribution is 2.37. The molecule has 0 saturated heterocycles. The lowest BCUT2D eigenvalue weighted by molar-refractivity contribution is -0.139. The van der Waals surface area contributed by atoms with E-state index in [0.29, 0.717) is 39.9 Å². The van der Waals surface area contributed by atoms with Gasteiger partial charge in [0.15, 0.2) is 0 Å². The van der Waals surface area contributed by atoms with Gasteiger partial charge in [-0.3, -0.25) is 4.79 Å². The first-order valence-corrected chi connectivity index (χ1v) is 9.67. The number of H-pyrrole nitrogens is 1. The Morgan fingerprint density at radius 1 is 1.43 bits per heavy atom. The Morgan fingerprint density at radius 3 is 2.82 bits per heavy atom. The number of esters is 2. The number of nitriles is 1. The van der Waals surface area contributed by atoms with E-state index in [2.05, 4.69) is 16.0 Å². The first-order valence-electron chi connectivity index (χ1n) is 8.69. The molecule has 0 atom stereocenters. The fourth-order valence-corrected chi connectivity index (χ4v) is 3.89. The third-order valence-corrected chi connectivity index (χ3v) is 5.25. The maximum Gasteiger partial charge on any atom is 0.347 e. The van der Waals surface area contributed by atoms with Crippen LogP contribution in [0.4, 0.5) is 0 Å². The molecule has 0 amide bonds. The number of thioether (sulfide) groups is 1. The molecule has 7 nitrogen and oxygen atoms in total. The smallest absolute Gasteiger partial charge is 0.347 e. The second-order valence-corrected chi connectivity index (χ2v) is 7.22. The van der Waals surface area contributed by atoms with Crippen LogP contribution in [0.2, 0.25) is 0 Å². The number of cyclic esters (lactones) is 1. The number of rotatable bonds is 5. The molecule has 1 aliphatic heterocycles. The van der Waals surface area contributed by atoms with E-state index < -0.39 is 5.97 Å². The molecule has 0 unspecified atom stereocenters. The van der Waals surface area contributed by atoms with Crippen molar-refractivity contribution in [3.63, 3.8) is 0 Å². The third-order valence-electron chi connectivity index (χ3n) is 4.30. The van der Waals surface area contributed by atoms with Crippen molar-refractivity contribution in [2.24, 2.45) is 0 Å². The number of carbonyl (C=O) groups excluding carboxylic acids is 2. The van der Waals surface area contributed by atoms with Gasteiger partial charge in [-0.05, 0) is 45.4 Å². The Labute approximate surface area is 166 Å². The molecule has 1 aliphatic rings. The van der Waals surface area contributed by atoms with Crippen molar-refractivity contribution in [3.05, 3.63) is 45.4 Å². The van der Waals surface area contributed by atoms with Crippen LogP contribution in [-0.2, 0) is 14.3 Å². The predicted octanol–water partition coefficient (Wildman–Crippen LogP) is 3.53. The molecule has 144 valence electrons.